The number of aryl methyl sites for hydroxylation is 1. The van der Waals surface area contributed by atoms with E-state index >= 15 is 0 Å². The maximum Gasteiger partial charge on any atom is 0.166 e. The van der Waals surface area contributed by atoms with Crippen molar-refractivity contribution in [1.29, 1.82) is 0 Å². The second-order valence-electron chi connectivity index (χ2n) is 7.45. The lowest BCUT2D eigenvalue weighted by atomic mass is 9.88. The zero-order valence-electron chi connectivity index (χ0n) is 16.4. The fourth-order valence-corrected chi connectivity index (χ4v) is 3.85. The Balaban J connectivity index is 1.26. The first-order valence-corrected chi connectivity index (χ1v) is 10.1. The van der Waals surface area contributed by atoms with E-state index in [9.17, 15) is 4.79 Å². The van der Waals surface area contributed by atoms with Crippen LogP contribution < -0.4 is 14.2 Å². The number of para-hydroxylation sites is 1. The number of likely N-dealkylation sites (tertiary alicyclic amines) is 1. The van der Waals surface area contributed by atoms with Crippen molar-refractivity contribution in [2.24, 2.45) is 5.92 Å². The SMILES string of the molecule is Cc1ccccc1OCCN1CCC(C(=O)c2ccc3c(c2)OCCO3)CC1. The van der Waals surface area contributed by atoms with Gasteiger partial charge >= 0.3 is 0 Å². The Morgan fingerprint density at radius 3 is 2.61 bits per heavy atom. The second-order valence-corrected chi connectivity index (χ2v) is 7.45. The van der Waals surface area contributed by atoms with Crippen LogP contribution in [0.15, 0.2) is 42.5 Å². The van der Waals surface area contributed by atoms with E-state index < -0.39 is 0 Å². The van der Waals surface area contributed by atoms with Crippen molar-refractivity contribution < 1.29 is 19.0 Å². The highest BCUT2D eigenvalue weighted by Crippen LogP contribution is 2.32. The van der Waals surface area contributed by atoms with Gasteiger partial charge < -0.3 is 14.2 Å². The monoisotopic (exact) mass is 381 g/mol. The Kier molecular flexibility index (Phi) is 5.81. The first-order valence-electron chi connectivity index (χ1n) is 10.1. The van der Waals surface area contributed by atoms with Gasteiger partial charge in [-0.2, -0.15) is 0 Å². The molecule has 0 atom stereocenters. The number of nitrogens with zero attached hydrogens (tertiary/aromatic N) is 1. The van der Waals surface area contributed by atoms with Gasteiger partial charge in [0.2, 0.25) is 0 Å². The highest BCUT2D eigenvalue weighted by Gasteiger charge is 2.26. The van der Waals surface area contributed by atoms with E-state index in [1.807, 2.05) is 36.4 Å². The molecular weight excluding hydrogens is 354 g/mol. The van der Waals surface area contributed by atoms with Crippen molar-refractivity contribution in [1.82, 2.24) is 4.90 Å². The largest absolute Gasteiger partial charge is 0.492 e. The zero-order chi connectivity index (χ0) is 19.3. The van der Waals surface area contributed by atoms with Crippen molar-refractivity contribution in [3.05, 3.63) is 53.6 Å². The van der Waals surface area contributed by atoms with Gasteiger partial charge in [-0.15, -0.1) is 0 Å². The summed E-state index contributed by atoms with van der Waals surface area (Å²) in [5.74, 6) is 2.66. The number of piperidine rings is 1. The number of ether oxygens (including phenoxy) is 3. The normalized spacial score (nSPS) is 17.3. The number of hydrogen-bond acceptors (Lipinski definition) is 5. The van der Waals surface area contributed by atoms with Crippen molar-refractivity contribution in [3.63, 3.8) is 0 Å². The molecule has 0 unspecified atom stereocenters. The molecule has 1 fully saturated rings. The smallest absolute Gasteiger partial charge is 0.166 e. The molecule has 4 rings (SSSR count). The fourth-order valence-electron chi connectivity index (χ4n) is 3.85. The minimum atomic E-state index is 0.0797. The molecule has 1 saturated heterocycles. The van der Waals surface area contributed by atoms with E-state index in [1.54, 1.807) is 0 Å². The van der Waals surface area contributed by atoms with E-state index in [1.165, 1.54) is 0 Å². The van der Waals surface area contributed by atoms with Crippen molar-refractivity contribution in [2.45, 2.75) is 19.8 Å². The summed E-state index contributed by atoms with van der Waals surface area (Å²) < 4.78 is 17.0. The van der Waals surface area contributed by atoms with Gasteiger partial charge in [0.05, 0.1) is 0 Å². The van der Waals surface area contributed by atoms with Crippen LogP contribution in [0.25, 0.3) is 0 Å². The minimum absolute atomic E-state index is 0.0797. The van der Waals surface area contributed by atoms with Crippen molar-refractivity contribution >= 4 is 5.78 Å². The molecule has 0 spiro atoms. The number of fused-ring (bicyclic) bond motifs is 1. The minimum Gasteiger partial charge on any atom is -0.492 e. The van der Waals surface area contributed by atoms with Gasteiger partial charge in [0.1, 0.15) is 25.6 Å². The Bertz CT molecular complexity index is 827. The van der Waals surface area contributed by atoms with Gasteiger partial charge in [0.15, 0.2) is 17.3 Å². The first kappa shape index (κ1) is 18.8. The van der Waals surface area contributed by atoms with E-state index in [0.717, 1.165) is 55.1 Å². The number of Topliss-reactive ketones (excluding diaryl/α,β-unsaturated/α-hetero) is 1. The Morgan fingerprint density at radius 1 is 1.07 bits per heavy atom. The zero-order valence-corrected chi connectivity index (χ0v) is 16.4. The number of ketones is 1. The molecule has 0 bridgehead atoms. The third-order valence-corrected chi connectivity index (χ3v) is 5.54. The molecule has 5 heteroatoms. The standard InChI is InChI=1S/C23H27NO4/c1-17-4-2-3-5-20(17)26-13-12-24-10-8-18(9-11-24)23(25)19-6-7-21-22(16-19)28-15-14-27-21/h2-7,16,18H,8-15H2,1H3. The molecule has 0 N–H and O–H groups in total. The summed E-state index contributed by atoms with van der Waals surface area (Å²) in [4.78, 5) is 15.3. The van der Waals surface area contributed by atoms with Gasteiger partial charge in [-0.25, -0.2) is 0 Å². The summed E-state index contributed by atoms with van der Waals surface area (Å²) in [6.07, 6.45) is 1.77. The van der Waals surface area contributed by atoms with Crippen LogP contribution >= 0.6 is 0 Å². The van der Waals surface area contributed by atoms with Crippen LogP contribution in [0, 0.1) is 12.8 Å². The fraction of sp³-hybridized carbons (Fsp3) is 0.435. The number of carbonyl (C=O) groups excluding carboxylic acids is 1. The lowest BCUT2D eigenvalue weighted by Gasteiger charge is -2.31. The number of carbonyl (C=O) groups is 1. The maximum atomic E-state index is 12.9. The molecule has 2 aromatic carbocycles. The average molecular weight is 381 g/mol. The number of benzene rings is 2. The quantitative estimate of drug-likeness (QED) is 0.714. The molecule has 0 saturated carbocycles. The van der Waals surface area contributed by atoms with E-state index in [2.05, 4.69) is 17.9 Å². The van der Waals surface area contributed by atoms with Crippen LogP contribution in [0.2, 0.25) is 0 Å². The third kappa shape index (κ3) is 4.30. The molecule has 0 radical (unpaired) electrons. The highest BCUT2D eigenvalue weighted by molar-refractivity contribution is 5.98. The van der Waals surface area contributed by atoms with Crippen LogP contribution in [-0.2, 0) is 0 Å². The Labute approximate surface area is 166 Å². The molecule has 2 heterocycles. The Hall–Kier alpha value is -2.53. The molecule has 5 nitrogen and oxygen atoms in total. The lowest BCUT2D eigenvalue weighted by Crippen LogP contribution is -2.38. The molecule has 148 valence electrons. The van der Waals surface area contributed by atoms with Gasteiger partial charge in [0, 0.05) is 18.0 Å². The summed E-state index contributed by atoms with van der Waals surface area (Å²) in [6, 6.07) is 13.6. The van der Waals surface area contributed by atoms with Gasteiger partial charge in [-0.3, -0.25) is 9.69 Å². The summed E-state index contributed by atoms with van der Waals surface area (Å²) in [5.41, 5.74) is 1.89. The van der Waals surface area contributed by atoms with Crippen LogP contribution in [0.1, 0.15) is 28.8 Å². The second kappa shape index (κ2) is 8.65. The molecule has 2 aromatic rings. The molecule has 2 aliphatic heterocycles. The van der Waals surface area contributed by atoms with Crippen LogP contribution in [0.4, 0.5) is 0 Å². The predicted octanol–water partition coefficient (Wildman–Crippen LogP) is 3.74. The molecule has 0 aliphatic carbocycles. The molecule has 2 aliphatic rings. The summed E-state index contributed by atoms with van der Waals surface area (Å²) in [7, 11) is 0. The van der Waals surface area contributed by atoms with E-state index in [-0.39, 0.29) is 11.7 Å². The predicted molar refractivity (Wildman–Crippen MR) is 108 cm³/mol. The van der Waals surface area contributed by atoms with Crippen LogP contribution in [0.3, 0.4) is 0 Å². The number of rotatable bonds is 6. The first-order chi connectivity index (χ1) is 13.7. The third-order valence-electron chi connectivity index (χ3n) is 5.54. The molecule has 28 heavy (non-hydrogen) atoms. The molecule has 0 amide bonds. The van der Waals surface area contributed by atoms with Crippen LogP contribution in [0.5, 0.6) is 17.2 Å². The summed E-state index contributed by atoms with van der Waals surface area (Å²) >= 11 is 0. The molecule has 0 aromatic heterocycles. The van der Waals surface area contributed by atoms with E-state index in [0.29, 0.717) is 25.6 Å². The maximum absolute atomic E-state index is 12.9. The lowest BCUT2D eigenvalue weighted by molar-refractivity contribution is 0.0826. The van der Waals surface area contributed by atoms with E-state index in [4.69, 9.17) is 14.2 Å². The average Bonchev–Trinajstić information content (AvgIpc) is 2.75. The topological polar surface area (TPSA) is 48.0 Å². The number of hydrogen-bond donors (Lipinski definition) is 0. The van der Waals surface area contributed by atoms with Crippen molar-refractivity contribution in [3.8, 4) is 17.2 Å². The van der Waals surface area contributed by atoms with Crippen LogP contribution in [-0.4, -0.2) is 50.1 Å². The van der Waals surface area contributed by atoms with Crippen molar-refractivity contribution in [2.75, 3.05) is 39.5 Å². The summed E-state index contributed by atoms with van der Waals surface area (Å²) in [5, 5.41) is 0. The highest BCUT2D eigenvalue weighted by atomic mass is 16.6. The Morgan fingerprint density at radius 2 is 1.82 bits per heavy atom. The van der Waals surface area contributed by atoms with Gasteiger partial charge in [0.25, 0.3) is 0 Å². The molecular formula is C23H27NO4. The van der Waals surface area contributed by atoms with Gasteiger partial charge in [-0.05, 0) is 62.7 Å². The summed E-state index contributed by atoms with van der Waals surface area (Å²) in [6.45, 7) is 6.57. The van der Waals surface area contributed by atoms with Gasteiger partial charge in [-0.1, -0.05) is 18.2 Å².